The molecule has 0 aliphatic carbocycles. The summed E-state index contributed by atoms with van der Waals surface area (Å²) in [6.45, 7) is 3.84. The topological polar surface area (TPSA) is 61.8 Å². The van der Waals surface area contributed by atoms with Crippen molar-refractivity contribution in [1.82, 2.24) is 0 Å². The predicted octanol–water partition coefficient (Wildman–Crippen LogP) is 3.61. The van der Waals surface area contributed by atoms with Gasteiger partial charge in [-0.2, -0.15) is 0 Å². The number of hydrogen-bond donors (Lipinski definition) is 0. The Morgan fingerprint density at radius 2 is 2.17 bits per heavy atom. The van der Waals surface area contributed by atoms with Gasteiger partial charge in [-0.05, 0) is 43.0 Å². The summed E-state index contributed by atoms with van der Waals surface area (Å²) >= 11 is 1.55. The average molecular weight is 344 g/mol. The van der Waals surface area contributed by atoms with Crippen LogP contribution in [0.4, 0.5) is 0 Å². The molecule has 1 aliphatic rings. The van der Waals surface area contributed by atoms with E-state index in [0.717, 1.165) is 10.4 Å². The fourth-order valence-electron chi connectivity index (χ4n) is 2.25. The van der Waals surface area contributed by atoms with E-state index in [2.05, 4.69) is 0 Å². The van der Waals surface area contributed by atoms with Crippen molar-refractivity contribution in [2.24, 2.45) is 0 Å². The van der Waals surface area contributed by atoms with Crippen LogP contribution in [-0.2, 0) is 9.53 Å². The van der Waals surface area contributed by atoms with Gasteiger partial charge < -0.3 is 14.2 Å². The number of ether oxygens (including phenoxy) is 3. The van der Waals surface area contributed by atoms with Crippen LogP contribution in [0.5, 0.6) is 11.5 Å². The number of aryl methyl sites for hydroxylation is 1. The van der Waals surface area contributed by atoms with Gasteiger partial charge >= 0.3 is 5.97 Å². The van der Waals surface area contributed by atoms with Gasteiger partial charge in [0.25, 0.3) is 0 Å². The average Bonchev–Trinajstić information content (AvgIpc) is 3.10. The van der Waals surface area contributed by atoms with Gasteiger partial charge in [-0.25, -0.2) is 4.79 Å². The van der Waals surface area contributed by atoms with Gasteiger partial charge in [-0.3, -0.25) is 4.79 Å². The van der Waals surface area contributed by atoms with E-state index in [4.69, 9.17) is 14.2 Å². The zero-order chi connectivity index (χ0) is 17.1. The highest BCUT2D eigenvalue weighted by atomic mass is 32.1. The normalized spacial score (nSPS) is 14.4. The summed E-state index contributed by atoms with van der Waals surface area (Å²) in [5.41, 5.74) is 1.58. The van der Waals surface area contributed by atoms with Gasteiger partial charge in [-0.15, -0.1) is 11.3 Å². The molecule has 6 heteroatoms. The summed E-state index contributed by atoms with van der Waals surface area (Å²) in [5, 5.41) is 1.97. The van der Waals surface area contributed by atoms with E-state index in [0.29, 0.717) is 23.7 Å². The number of allylic oxidation sites excluding steroid dienone is 1. The van der Waals surface area contributed by atoms with Gasteiger partial charge in [0, 0.05) is 17.0 Å². The summed E-state index contributed by atoms with van der Waals surface area (Å²) in [4.78, 5) is 24.7. The lowest BCUT2D eigenvalue weighted by atomic mass is 10.1. The Morgan fingerprint density at radius 3 is 2.88 bits per heavy atom. The molecular weight excluding hydrogens is 328 g/mol. The van der Waals surface area contributed by atoms with Crippen LogP contribution in [0, 0.1) is 6.92 Å². The number of rotatable bonds is 5. The molecule has 0 unspecified atom stereocenters. The SMILES string of the molecule is CCOC(=O)COc1ccc2c(c1)OC(=Cc1sccc1C)C2=O. The van der Waals surface area contributed by atoms with Crippen LogP contribution in [0.1, 0.15) is 27.7 Å². The lowest BCUT2D eigenvalue weighted by Crippen LogP contribution is -2.14. The Bertz CT molecular complexity index is 819. The number of carbonyl (C=O) groups is 2. The lowest BCUT2D eigenvalue weighted by Gasteiger charge is -2.06. The highest BCUT2D eigenvalue weighted by molar-refractivity contribution is 7.11. The zero-order valence-electron chi connectivity index (χ0n) is 13.3. The van der Waals surface area contributed by atoms with E-state index >= 15 is 0 Å². The molecule has 0 fully saturated rings. The number of carbonyl (C=O) groups excluding carboxylic acids is 2. The Labute approximate surface area is 143 Å². The highest BCUT2D eigenvalue weighted by Gasteiger charge is 2.28. The Hall–Kier alpha value is -2.60. The molecule has 0 atom stereocenters. The second-order valence-electron chi connectivity index (χ2n) is 5.16. The Balaban J connectivity index is 1.76. The number of ketones is 1. The van der Waals surface area contributed by atoms with Gasteiger partial charge in [0.05, 0.1) is 12.2 Å². The second kappa shape index (κ2) is 6.88. The quantitative estimate of drug-likeness (QED) is 0.612. The van der Waals surface area contributed by atoms with Crippen molar-refractivity contribution in [3.8, 4) is 11.5 Å². The monoisotopic (exact) mass is 344 g/mol. The Kier molecular flexibility index (Phi) is 4.66. The smallest absolute Gasteiger partial charge is 0.344 e. The van der Waals surface area contributed by atoms with Crippen molar-refractivity contribution in [3.05, 3.63) is 51.4 Å². The minimum absolute atomic E-state index is 0.158. The maximum absolute atomic E-state index is 12.4. The summed E-state index contributed by atoms with van der Waals surface area (Å²) in [6.07, 6.45) is 1.75. The lowest BCUT2D eigenvalue weighted by molar-refractivity contribution is -0.145. The third-order valence-electron chi connectivity index (χ3n) is 3.47. The van der Waals surface area contributed by atoms with Gasteiger partial charge in [0.1, 0.15) is 11.5 Å². The molecule has 1 aromatic heterocycles. The van der Waals surface area contributed by atoms with Crippen molar-refractivity contribution in [2.45, 2.75) is 13.8 Å². The first-order valence-corrected chi connectivity index (χ1v) is 8.37. The van der Waals surface area contributed by atoms with Crippen LogP contribution in [-0.4, -0.2) is 25.0 Å². The van der Waals surface area contributed by atoms with Crippen LogP contribution in [0.2, 0.25) is 0 Å². The first kappa shape index (κ1) is 16.3. The number of fused-ring (bicyclic) bond motifs is 1. The molecule has 124 valence electrons. The van der Waals surface area contributed by atoms with Crippen molar-refractivity contribution in [3.63, 3.8) is 0 Å². The molecule has 0 N–H and O–H groups in total. The third kappa shape index (κ3) is 3.33. The van der Waals surface area contributed by atoms with Crippen LogP contribution in [0.25, 0.3) is 6.08 Å². The number of benzene rings is 1. The minimum Gasteiger partial charge on any atom is -0.482 e. The number of Topliss-reactive ketones (excluding diaryl/α,β-unsaturated/α-hetero) is 1. The molecule has 0 saturated heterocycles. The standard InChI is InChI=1S/C18H16O5S/c1-3-21-17(19)10-22-12-4-5-13-14(8-12)23-15(18(13)20)9-16-11(2)6-7-24-16/h4-9H,3,10H2,1-2H3. The van der Waals surface area contributed by atoms with Gasteiger partial charge in [0.2, 0.25) is 5.78 Å². The fourth-order valence-corrected chi connectivity index (χ4v) is 3.10. The van der Waals surface area contributed by atoms with Crippen molar-refractivity contribution >= 4 is 29.2 Å². The number of hydrogen-bond acceptors (Lipinski definition) is 6. The van der Waals surface area contributed by atoms with Crippen LogP contribution in [0.3, 0.4) is 0 Å². The van der Waals surface area contributed by atoms with Crippen LogP contribution < -0.4 is 9.47 Å². The van der Waals surface area contributed by atoms with Crippen LogP contribution >= 0.6 is 11.3 Å². The molecule has 5 nitrogen and oxygen atoms in total. The molecule has 1 aromatic carbocycles. The number of thiophene rings is 1. The van der Waals surface area contributed by atoms with E-state index in [1.54, 1.807) is 42.5 Å². The summed E-state index contributed by atoms with van der Waals surface area (Å²) in [5.74, 6) is 0.571. The Morgan fingerprint density at radius 1 is 1.33 bits per heavy atom. The minimum atomic E-state index is -0.441. The van der Waals surface area contributed by atoms with E-state index in [9.17, 15) is 9.59 Å². The van der Waals surface area contributed by atoms with E-state index < -0.39 is 5.97 Å². The molecule has 1 aliphatic heterocycles. The number of esters is 1. The summed E-state index contributed by atoms with van der Waals surface area (Å²) < 4.78 is 15.8. The molecule has 0 spiro atoms. The summed E-state index contributed by atoms with van der Waals surface area (Å²) in [6, 6.07) is 6.87. The van der Waals surface area contributed by atoms with Gasteiger partial charge in [-0.1, -0.05) is 0 Å². The molecule has 2 heterocycles. The maximum Gasteiger partial charge on any atom is 0.344 e. The first-order valence-electron chi connectivity index (χ1n) is 7.49. The molecule has 0 saturated carbocycles. The van der Waals surface area contributed by atoms with Crippen molar-refractivity contribution in [1.29, 1.82) is 0 Å². The molecule has 2 aromatic rings. The van der Waals surface area contributed by atoms with Gasteiger partial charge in [0.15, 0.2) is 12.4 Å². The predicted molar refractivity (Wildman–Crippen MR) is 90.6 cm³/mol. The third-order valence-corrected chi connectivity index (χ3v) is 4.43. The zero-order valence-corrected chi connectivity index (χ0v) is 14.1. The van der Waals surface area contributed by atoms with Crippen molar-refractivity contribution < 1.29 is 23.8 Å². The van der Waals surface area contributed by atoms with E-state index in [1.807, 2.05) is 18.4 Å². The molecule has 0 radical (unpaired) electrons. The fraction of sp³-hybridized carbons (Fsp3) is 0.222. The largest absolute Gasteiger partial charge is 0.482 e. The molecule has 0 amide bonds. The van der Waals surface area contributed by atoms with E-state index in [-0.39, 0.29) is 18.1 Å². The highest BCUT2D eigenvalue weighted by Crippen LogP contribution is 2.35. The molecule has 3 rings (SSSR count). The first-order chi connectivity index (χ1) is 11.6. The molecular formula is C18H16O5S. The summed E-state index contributed by atoms with van der Waals surface area (Å²) in [7, 11) is 0. The maximum atomic E-state index is 12.4. The van der Waals surface area contributed by atoms with E-state index in [1.165, 1.54) is 0 Å². The molecule has 24 heavy (non-hydrogen) atoms. The van der Waals surface area contributed by atoms with Crippen LogP contribution in [0.15, 0.2) is 35.4 Å². The second-order valence-corrected chi connectivity index (χ2v) is 6.11. The van der Waals surface area contributed by atoms with Crippen molar-refractivity contribution in [2.75, 3.05) is 13.2 Å². The molecule has 0 bridgehead atoms.